The lowest BCUT2D eigenvalue weighted by Crippen LogP contribution is -2.63. The van der Waals surface area contributed by atoms with Crippen molar-refractivity contribution in [3.05, 3.63) is 29.8 Å². The number of halogens is 1. The molecule has 11 heteroatoms. The van der Waals surface area contributed by atoms with Gasteiger partial charge in [0.15, 0.2) is 12.2 Å². The van der Waals surface area contributed by atoms with Crippen molar-refractivity contribution in [1.82, 2.24) is 0 Å². The molecule has 0 bridgehead atoms. The second-order valence-electron chi connectivity index (χ2n) is 6.96. The third-order valence-corrected chi connectivity index (χ3v) is 4.93. The summed E-state index contributed by atoms with van der Waals surface area (Å²) in [7, 11) is 0. The monoisotopic (exact) mass is 516 g/mol. The molecule has 0 radical (unpaired) electrons. The number of carbonyl (C=O) groups is 4. The third-order valence-electron chi connectivity index (χ3n) is 4.28. The Kier molecular flexibility index (Phi) is 9.45. The van der Waals surface area contributed by atoms with Crippen LogP contribution in [-0.4, -0.2) is 61.2 Å². The normalized spacial score (nSPS) is 24.7. The number of carbonyl (C=O) groups excluding carboxylic acids is 4. The summed E-state index contributed by atoms with van der Waals surface area (Å²) in [4.78, 5) is 46.7. The van der Waals surface area contributed by atoms with E-state index >= 15 is 0 Å². The first-order valence-electron chi connectivity index (χ1n) is 9.72. The van der Waals surface area contributed by atoms with Crippen molar-refractivity contribution >= 4 is 39.8 Å². The molecule has 1 aromatic rings. The molecule has 0 aliphatic carbocycles. The van der Waals surface area contributed by atoms with E-state index in [1.54, 1.807) is 12.1 Å². The van der Waals surface area contributed by atoms with Crippen LogP contribution in [-0.2, 0) is 48.2 Å². The number of ether oxygens (including phenoxy) is 6. The van der Waals surface area contributed by atoms with Gasteiger partial charge in [0.25, 0.3) is 0 Å². The van der Waals surface area contributed by atoms with Gasteiger partial charge in [0.05, 0.1) is 0 Å². The fourth-order valence-electron chi connectivity index (χ4n) is 3.07. The van der Waals surface area contributed by atoms with E-state index in [-0.39, 0.29) is 6.61 Å². The SMILES string of the molecule is CC(=O)OCC1OC(Oc2ccc(CBr)cc2)C(OC(C)=O)C(OC(C)=O)C1OC(C)=O. The molecule has 0 spiro atoms. The summed E-state index contributed by atoms with van der Waals surface area (Å²) in [6.07, 6.45) is -6.10. The van der Waals surface area contributed by atoms with Gasteiger partial charge in [-0.05, 0) is 17.7 Å². The molecule has 1 aliphatic heterocycles. The van der Waals surface area contributed by atoms with Crippen LogP contribution in [0.5, 0.6) is 5.75 Å². The summed E-state index contributed by atoms with van der Waals surface area (Å²) in [6, 6.07) is 7.00. The summed E-state index contributed by atoms with van der Waals surface area (Å²) < 4.78 is 32.8. The Bertz CT molecular complexity index is 824. The lowest BCUT2D eigenvalue weighted by atomic mass is 9.98. The molecule has 1 heterocycles. The van der Waals surface area contributed by atoms with Gasteiger partial charge in [0.1, 0.15) is 18.5 Å². The molecule has 1 fully saturated rings. The van der Waals surface area contributed by atoms with Crippen LogP contribution in [0.1, 0.15) is 33.3 Å². The Labute approximate surface area is 193 Å². The molecule has 0 saturated carbocycles. The molecule has 0 aromatic heterocycles. The Morgan fingerprint density at radius 2 is 1.34 bits per heavy atom. The van der Waals surface area contributed by atoms with Crippen molar-refractivity contribution in [1.29, 1.82) is 0 Å². The molecular formula is C21H25BrO10. The van der Waals surface area contributed by atoms with E-state index in [4.69, 9.17) is 28.4 Å². The quantitative estimate of drug-likeness (QED) is 0.288. The highest BCUT2D eigenvalue weighted by Crippen LogP contribution is 2.31. The minimum Gasteiger partial charge on any atom is -0.463 e. The minimum atomic E-state index is -1.28. The maximum atomic E-state index is 11.8. The maximum absolute atomic E-state index is 11.8. The van der Waals surface area contributed by atoms with Crippen LogP contribution < -0.4 is 4.74 Å². The first-order valence-corrected chi connectivity index (χ1v) is 10.8. The standard InChI is InChI=1S/C21H25BrO10/c1-11(23)27-10-17-18(28-12(2)24)19(29-13(3)25)20(30-14(4)26)21(32-17)31-16-7-5-15(9-22)6-8-16/h5-8,17-21H,9-10H2,1-4H3. The van der Waals surface area contributed by atoms with Gasteiger partial charge >= 0.3 is 23.9 Å². The van der Waals surface area contributed by atoms with E-state index < -0.39 is 54.6 Å². The predicted octanol–water partition coefficient (Wildman–Crippen LogP) is 2.04. The molecule has 1 aromatic carbocycles. The lowest BCUT2D eigenvalue weighted by Gasteiger charge is -2.43. The van der Waals surface area contributed by atoms with Gasteiger partial charge in [-0.15, -0.1) is 0 Å². The van der Waals surface area contributed by atoms with Crippen LogP contribution in [0.3, 0.4) is 0 Å². The molecule has 1 aliphatic rings. The van der Waals surface area contributed by atoms with Crippen molar-refractivity contribution < 1.29 is 47.6 Å². The predicted molar refractivity (Wildman–Crippen MR) is 112 cm³/mol. The molecule has 5 atom stereocenters. The van der Waals surface area contributed by atoms with Gasteiger partial charge in [-0.2, -0.15) is 0 Å². The second-order valence-corrected chi connectivity index (χ2v) is 7.52. The van der Waals surface area contributed by atoms with Crippen molar-refractivity contribution in [3.8, 4) is 5.75 Å². The van der Waals surface area contributed by atoms with E-state index in [1.165, 1.54) is 13.8 Å². The van der Waals surface area contributed by atoms with Gasteiger partial charge in [0, 0.05) is 33.0 Å². The zero-order valence-corrected chi connectivity index (χ0v) is 19.7. The Morgan fingerprint density at radius 3 is 1.84 bits per heavy atom. The zero-order chi connectivity index (χ0) is 23.8. The lowest BCUT2D eigenvalue weighted by molar-refractivity contribution is -0.288. The molecule has 0 amide bonds. The molecule has 5 unspecified atom stereocenters. The summed E-state index contributed by atoms with van der Waals surface area (Å²) in [5.74, 6) is -2.31. The average Bonchev–Trinajstić information content (AvgIpc) is 2.70. The highest BCUT2D eigenvalue weighted by Gasteiger charge is 2.53. The van der Waals surface area contributed by atoms with Crippen LogP contribution >= 0.6 is 15.9 Å². The molecule has 32 heavy (non-hydrogen) atoms. The number of esters is 4. The fourth-order valence-corrected chi connectivity index (χ4v) is 3.45. The zero-order valence-electron chi connectivity index (χ0n) is 18.1. The number of hydrogen-bond donors (Lipinski definition) is 0. The van der Waals surface area contributed by atoms with E-state index in [9.17, 15) is 19.2 Å². The largest absolute Gasteiger partial charge is 0.463 e. The second kappa shape index (κ2) is 11.8. The van der Waals surface area contributed by atoms with Crippen LogP contribution in [0.15, 0.2) is 24.3 Å². The Morgan fingerprint density at radius 1 is 0.812 bits per heavy atom. The number of hydrogen-bond acceptors (Lipinski definition) is 10. The number of alkyl halides is 1. The summed E-state index contributed by atoms with van der Waals surface area (Å²) in [6.45, 7) is 4.36. The summed E-state index contributed by atoms with van der Waals surface area (Å²) in [5, 5.41) is 0.645. The molecular weight excluding hydrogens is 492 g/mol. The third kappa shape index (κ3) is 7.49. The van der Waals surface area contributed by atoms with Gasteiger partial charge in [-0.3, -0.25) is 19.2 Å². The van der Waals surface area contributed by atoms with Crippen LogP contribution in [0.2, 0.25) is 0 Å². The van der Waals surface area contributed by atoms with E-state index in [2.05, 4.69) is 15.9 Å². The number of benzene rings is 1. The smallest absolute Gasteiger partial charge is 0.303 e. The van der Waals surface area contributed by atoms with E-state index in [1.807, 2.05) is 12.1 Å². The molecule has 1 saturated heterocycles. The first-order chi connectivity index (χ1) is 15.1. The Hall–Kier alpha value is -2.66. The summed E-state index contributed by atoms with van der Waals surface area (Å²) >= 11 is 3.36. The molecule has 2 rings (SSSR count). The average molecular weight is 517 g/mol. The van der Waals surface area contributed by atoms with Gasteiger partial charge < -0.3 is 28.4 Å². The van der Waals surface area contributed by atoms with Gasteiger partial charge in [-0.25, -0.2) is 0 Å². The van der Waals surface area contributed by atoms with Crippen LogP contribution in [0, 0.1) is 0 Å². The van der Waals surface area contributed by atoms with Crippen molar-refractivity contribution in [2.24, 2.45) is 0 Å². The highest BCUT2D eigenvalue weighted by atomic mass is 79.9. The maximum Gasteiger partial charge on any atom is 0.303 e. The van der Waals surface area contributed by atoms with E-state index in [0.717, 1.165) is 19.4 Å². The topological polar surface area (TPSA) is 124 Å². The molecule has 176 valence electrons. The Balaban J connectivity index is 2.42. The van der Waals surface area contributed by atoms with Crippen molar-refractivity contribution in [2.75, 3.05) is 6.61 Å². The van der Waals surface area contributed by atoms with Crippen LogP contribution in [0.25, 0.3) is 0 Å². The van der Waals surface area contributed by atoms with Crippen molar-refractivity contribution in [2.45, 2.75) is 63.7 Å². The minimum absolute atomic E-state index is 0.319. The fraction of sp³-hybridized carbons (Fsp3) is 0.524. The summed E-state index contributed by atoms with van der Waals surface area (Å²) in [5.41, 5.74) is 0.999. The first kappa shape index (κ1) is 25.6. The van der Waals surface area contributed by atoms with Crippen LogP contribution in [0.4, 0.5) is 0 Å². The molecule has 0 N–H and O–H groups in total. The number of rotatable bonds is 8. The highest BCUT2D eigenvalue weighted by molar-refractivity contribution is 9.08. The van der Waals surface area contributed by atoms with Crippen molar-refractivity contribution in [3.63, 3.8) is 0 Å². The van der Waals surface area contributed by atoms with Gasteiger partial charge in [0.2, 0.25) is 12.4 Å². The van der Waals surface area contributed by atoms with Gasteiger partial charge in [-0.1, -0.05) is 28.1 Å². The molecule has 10 nitrogen and oxygen atoms in total. The van der Waals surface area contributed by atoms with E-state index in [0.29, 0.717) is 11.1 Å².